The zero-order chi connectivity index (χ0) is 14.5. The van der Waals surface area contributed by atoms with Crippen molar-refractivity contribution in [2.45, 2.75) is 6.61 Å². The van der Waals surface area contributed by atoms with Crippen LogP contribution in [0.2, 0.25) is 0 Å². The summed E-state index contributed by atoms with van der Waals surface area (Å²) in [6.07, 6.45) is 0. The maximum absolute atomic E-state index is 11.5. The van der Waals surface area contributed by atoms with Gasteiger partial charge in [-0.3, -0.25) is 0 Å². The zero-order valence-corrected chi connectivity index (χ0v) is 12.5. The molecule has 0 spiro atoms. The molecule has 2 rings (SSSR count). The summed E-state index contributed by atoms with van der Waals surface area (Å²) in [5.41, 5.74) is 7.44. The molecule has 0 aliphatic rings. The summed E-state index contributed by atoms with van der Waals surface area (Å²) in [7, 11) is 1.32. The molecular formula is C15H14BrNO3. The smallest absolute Gasteiger partial charge is 0.340 e. The lowest BCUT2D eigenvalue weighted by Gasteiger charge is -2.09. The summed E-state index contributed by atoms with van der Waals surface area (Å²) in [6.45, 7) is 0.414. The topological polar surface area (TPSA) is 61.5 Å². The van der Waals surface area contributed by atoms with Crippen LogP contribution in [-0.4, -0.2) is 13.1 Å². The van der Waals surface area contributed by atoms with E-state index in [2.05, 4.69) is 20.7 Å². The van der Waals surface area contributed by atoms with E-state index in [0.29, 0.717) is 23.6 Å². The molecule has 0 aromatic heterocycles. The first-order valence-electron chi connectivity index (χ1n) is 5.95. The molecule has 2 aromatic carbocycles. The molecule has 0 unspecified atom stereocenters. The highest BCUT2D eigenvalue weighted by Gasteiger charge is 2.11. The van der Waals surface area contributed by atoms with Crippen molar-refractivity contribution < 1.29 is 14.3 Å². The number of rotatable bonds is 4. The van der Waals surface area contributed by atoms with Crippen LogP contribution in [0.15, 0.2) is 46.9 Å². The van der Waals surface area contributed by atoms with Crippen molar-refractivity contribution in [1.29, 1.82) is 0 Å². The Morgan fingerprint density at radius 1 is 1.20 bits per heavy atom. The second-order valence-electron chi connectivity index (χ2n) is 4.16. The Morgan fingerprint density at radius 2 is 1.90 bits per heavy atom. The van der Waals surface area contributed by atoms with Gasteiger partial charge in [-0.15, -0.1) is 0 Å². The largest absolute Gasteiger partial charge is 0.489 e. The van der Waals surface area contributed by atoms with Crippen LogP contribution >= 0.6 is 15.9 Å². The number of methoxy groups -OCH3 is 1. The Bertz CT molecular complexity index is 611. The number of esters is 1. The highest BCUT2D eigenvalue weighted by Crippen LogP contribution is 2.21. The fraction of sp³-hybridized carbons (Fsp3) is 0.133. The number of anilines is 1. The van der Waals surface area contributed by atoms with E-state index in [1.54, 1.807) is 18.2 Å². The van der Waals surface area contributed by atoms with Crippen molar-refractivity contribution in [2.75, 3.05) is 12.8 Å². The molecule has 0 aliphatic heterocycles. The van der Waals surface area contributed by atoms with E-state index < -0.39 is 5.97 Å². The Hall–Kier alpha value is -2.01. The number of nitrogen functional groups attached to an aromatic ring is 1. The van der Waals surface area contributed by atoms with Crippen LogP contribution in [0.4, 0.5) is 5.69 Å². The quantitative estimate of drug-likeness (QED) is 0.687. The van der Waals surface area contributed by atoms with Crippen molar-refractivity contribution in [1.82, 2.24) is 0 Å². The van der Waals surface area contributed by atoms with E-state index >= 15 is 0 Å². The van der Waals surface area contributed by atoms with E-state index in [1.165, 1.54) is 7.11 Å². The van der Waals surface area contributed by atoms with Gasteiger partial charge in [-0.25, -0.2) is 4.79 Å². The number of carbonyl (C=O) groups is 1. The van der Waals surface area contributed by atoms with E-state index in [9.17, 15) is 4.79 Å². The molecule has 4 nitrogen and oxygen atoms in total. The molecule has 5 heteroatoms. The monoisotopic (exact) mass is 335 g/mol. The summed E-state index contributed by atoms with van der Waals surface area (Å²) < 4.78 is 11.3. The lowest BCUT2D eigenvalue weighted by Crippen LogP contribution is -2.06. The van der Waals surface area contributed by atoms with Crippen molar-refractivity contribution >= 4 is 27.6 Å². The minimum atomic E-state index is -0.475. The number of benzene rings is 2. The summed E-state index contributed by atoms with van der Waals surface area (Å²) in [6, 6.07) is 12.7. The highest BCUT2D eigenvalue weighted by atomic mass is 79.9. The SMILES string of the molecule is COC(=O)c1cc(OCc2ccc(Br)cc2)ccc1N. The standard InChI is InChI=1S/C15H14BrNO3/c1-19-15(18)13-8-12(6-7-14(13)17)20-9-10-2-4-11(16)5-3-10/h2-8H,9,17H2,1H3. The van der Waals surface area contributed by atoms with E-state index in [4.69, 9.17) is 10.5 Å². The second-order valence-corrected chi connectivity index (χ2v) is 5.07. The first-order chi connectivity index (χ1) is 9.60. The average Bonchev–Trinajstić information content (AvgIpc) is 2.47. The van der Waals surface area contributed by atoms with Crippen molar-refractivity contribution in [3.05, 3.63) is 58.1 Å². The third-order valence-corrected chi connectivity index (χ3v) is 3.28. The third-order valence-electron chi connectivity index (χ3n) is 2.75. The van der Waals surface area contributed by atoms with Crippen LogP contribution in [0.25, 0.3) is 0 Å². The van der Waals surface area contributed by atoms with E-state index in [1.807, 2.05) is 24.3 Å². The van der Waals surface area contributed by atoms with Crippen molar-refractivity contribution in [3.8, 4) is 5.75 Å². The Labute approximate surface area is 125 Å². The number of hydrogen-bond acceptors (Lipinski definition) is 4. The van der Waals surface area contributed by atoms with Gasteiger partial charge in [-0.2, -0.15) is 0 Å². The van der Waals surface area contributed by atoms with E-state index in [-0.39, 0.29) is 0 Å². The van der Waals surface area contributed by atoms with Crippen LogP contribution in [0.3, 0.4) is 0 Å². The maximum atomic E-state index is 11.5. The van der Waals surface area contributed by atoms with E-state index in [0.717, 1.165) is 10.0 Å². The molecule has 0 saturated heterocycles. The van der Waals surface area contributed by atoms with Gasteiger partial charge in [-0.05, 0) is 35.9 Å². The van der Waals surface area contributed by atoms with Crippen molar-refractivity contribution in [2.24, 2.45) is 0 Å². The summed E-state index contributed by atoms with van der Waals surface area (Å²) in [4.78, 5) is 11.5. The number of hydrogen-bond donors (Lipinski definition) is 1. The molecule has 20 heavy (non-hydrogen) atoms. The molecule has 0 amide bonds. The molecule has 0 bridgehead atoms. The van der Waals surface area contributed by atoms with Crippen LogP contribution in [0.1, 0.15) is 15.9 Å². The molecule has 0 atom stereocenters. The van der Waals surface area contributed by atoms with Gasteiger partial charge in [0.25, 0.3) is 0 Å². The minimum absolute atomic E-state index is 0.306. The normalized spacial score (nSPS) is 10.1. The lowest BCUT2D eigenvalue weighted by atomic mass is 10.1. The molecule has 0 saturated carbocycles. The Morgan fingerprint density at radius 3 is 2.55 bits per heavy atom. The van der Waals surface area contributed by atoms with Gasteiger partial charge in [0.05, 0.1) is 12.7 Å². The summed E-state index contributed by atoms with van der Waals surface area (Å²) in [5.74, 6) is 0.0964. The summed E-state index contributed by atoms with van der Waals surface area (Å²) in [5, 5.41) is 0. The maximum Gasteiger partial charge on any atom is 0.340 e. The molecule has 104 valence electrons. The van der Waals surface area contributed by atoms with Gasteiger partial charge < -0.3 is 15.2 Å². The molecule has 2 aromatic rings. The highest BCUT2D eigenvalue weighted by molar-refractivity contribution is 9.10. The van der Waals surface area contributed by atoms with Crippen LogP contribution in [0.5, 0.6) is 5.75 Å². The fourth-order valence-electron chi connectivity index (χ4n) is 1.66. The Kier molecular flexibility index (Phi) is 4.63. The van der Waals surface area contributed by atoms with Gasteiger partial charge in [0.2, 0.25) is 0 Å². The van der Waals surface area contributed by atoms with Crippen molar-refractivity contribution in [3.63, 3.8) is 0 Å². The van der Waals surface area contributed by atoms with Gasteiger partial charge >= 0.3 is 5.97 Å². The fourth-order valence-corrected chi connectivity index (χ4v) is 1.92. The molecule has 0 aliphatic carbocycles. The molecular weight excluding hydrogens is 322 g/mol. The molecule has 0 radical (unpaired) electrons. The molecule has 0 fully saturated rings. The first kappa shape index (κ1) is 14.4. The first-order valence-corrected chi connectivity index (χ1v) is 6.74. The van der Waals surface area contributed by atoms with Crippen LogP contribution in [-0.2, 0) is 11.3 Å². The number of ether oxygens (including phenoxy) is 2. The van der Waals surface area contributed by atoms with Gasteiger partial charge in [0.15, 0.2) is 0 Å². The average molecular weight is 336 g/mol. The molecule has 0 heterocycles. The van der Waals surface area contributed by atoms with Gasteiger partial charge in [0, 0.05) is 10.2 Å². The minimum Gasteiger partial charge on any atom is -0.489 e. The Balaban J connectivity index is 2.10. The lowest BCUT2D eigenvalue weighted by molar-refractivity contribution is 0.0601. The predicted molar refractivity (Wildman–Crippen MR) is 80.7 cm³/mol. The third kappa shape index (κ3) is 3.51. The number of carbonyl (C=O) groups excluding carboxylic acids is 1. The number of halogens is 1. The van der Waals surface area contributed by atoms with Gasteiger partial charge in [0.1, 0.15) is 12.4 Å². The summed E-state index contributed by atoms with van der Waals surface area (Å²) >= 11 is 3.38. The van der Waals surface area contributed by atoms with Crippen LogP contribution in [0, 0.1) is 0 Å². The predicted octanol–water partition coefficient (Wildman–Crippen LogP) is 3.40. The number of nitrogens with two attached hydrogens (primary N) is 1. The second kappa shape index (κ2) is 6.43. The van der Waals surface area contributed by atoms with Crippen LogP contribution < -0.4 is 10.5 Å². The molecule has 2 N–H and O–H groups in total. The van der Waals surface area contributed by atoms with Gasteiger partial charge in [-0.1, -0.05) is 28.1 Å². The zero-order valence-electron chi connectivity index (χ0n) is 10.9.